The van der Waals surface area contributed by atoms with Gasteiger partial charge in [0.05, 0.1) is 6.04 Å². The van der Waals surface area contributed by atoms with Crippen LogP contribution in [-0.2, 0) is 9.53 Å². The van der Waals surface area contributed by atoms with E-state index in [4.69, 9.17) is 10.5 Å². The number of likely N-dealkylation sites (tertiary alicyclic amines) is 1. The average Bonchev–Trinajstić information content (AvgIpc) is 2.28. The van der Waals surface area contributed by atoms with Crippen LogP contribution < -0.4 is 5.73 Å². The maximum atomic E-state index is 11.8. The zero-order chi connectivity index (χ0) is 11.3. The summed E-state index contributed by atoms with van der Waals surface area (Å²) in [6.45, 7) is 4.42. The van der Waals surface area contributed by atoms with Crippen LogP contribution in [0.15, 0.2) is 0 Å². The van der Waals surface area contributed by atoms with E-state index < -0.39 is 0 Å². The van der Waals surface area contributed by atoms with Crippen LogP contribution >= 0.6 is 0 Å². The fourth-order valence-corrected chi connectivity index (χ4v) is 1.96. The van der Waals surface area contributed by atoms with Gasteiger partial charge in [0.1, 0.15) is 0 Å². The van der Waals surface area contributed by atoms with E-state index in [1.54, 1.807) is 7.11 Å². The molecule has 15 heavy (non-hydrogen) atoms. The maximum Gasteiger partial charge on any atom is 0.239 e. The Bertz CT molecular complexity index is 201. The van der Waals surface area contributed by atoms with Crippen molar-refractivity contribution >= 4 is 5.91 Å². The second kappa shape index (κ2) is 6.08. The third-order valence-corrected chi connectivity index (χ3v) is 3.09. The van der Waals surface area contributed by atoms with Gasteiger partial charge in [-0.25, -0.2) is 0 Å². The van der Waals surface area contributed by atoms with Gasteiger partial charge in [-0.2, -0.15) is 0 Å². The van der Waals surface area contributed by atoms with Gasteiger partial charge in [0, 0.05) is 26.8 Å². The van der Waals surface area contributed by atoms with Gasteiger partial charge in [0.2, 0.25) is 5.91 Å². The van der Waals surface area contributed by atoms with Crippen LogP contribution in [0, 0.1) is 5.92 Å². The Morgan fingerprint density at radius 3 is 2.60 bits per heavy atom. The number of nitrogens with zero attached hydrogens (tertiary/aromatic N) is 1. The molecule has 0 aromatic heterocycles. The van der Waals surface area contributed by atoms with Crippen LogP contribution in [0.1, 0.15) is 26.2 Å². The highest BCUT2D eigenvalue weighted by Crippen LogP contribution is 2.17. The van der Waals surface area contributed by atoms with E-state index in [2.05, 4.69) is 0 Å². The van der Waals surface area contributed by atoms with Gasteiger partial charge >= 0.3 is 0 Å². The summed E-state index contributed by atoms with van der Waals surface area (Å²) in [6.07, 6.45) is 2.79. The molecule has 0 saturated carbocycles. The highest BCUT2D eigenvalue weighted by Gasteiger charge is 2.25. The van der Waals surface area contributed by atoms with Crippen LogP contribution in [0.2, 0.25) is 0 Å². The topological polar surface area (TPSA) is 55.6 Å². The first-order valence-corrected chi connectivity index (χ1v) is 5.72. The molecule has 0 spiro atoms. The number of nitrogens with two attached hydrogens (primary N) is 1. The zero-order valence-corrected chi connectivity index (χ0v) is 9.74. The van der Waals surface area contributed by atoms with Crippen LogP contribution in [0.25, 0.3) is 0 Å². The van der Waals surface area contributed by atoms with Gasteiger partial charge < -0.3 is 15.4 Å². The summed E-state index contributed by atoms with van der Waals surface area (Å²) in [5.74, 6) is 0.713. The van der Waals surface area contributed by atoms with Crippen LogP contribution in [0.5, 0.6) is 0 Å². The van der Waals surface area contributed by atoms with Gasteiger partial charge in [-0.1, -0.05) is 6.92 Å². The van der Waals surface area contributed by atoms with Crippen LogP contribution in [-0.4, -0.2) is 43.7 Å². The van der Waals surface area contributed by atoms with Crippen molar-refractivity contribution in [1.82, 2.24) is 4.90 Å². The Hall–Kier alpha value is -0.610. The molecule has 0 unspecified atom stereocenters. The molecule has 0 radical (unpaired) electrons. The van der Waals surface area contributed by atoms with E-state index in [9.17, 15) is 4.79 Å². The summed E-state index contributed by atoms with van der Waals surface area (Å²) >= 11 is 0. The number of ether oxygens (including phenoxy) is 1. The molecule has 1 rings (SSSR count). The monoisotopic (exact) mass is 214 g/mol. The lowest BCUT2D eigenvalue weighted by molar-refractivity contribution is -0.134. The molecule has 1 fully saturated rings. The minimum absolute atomic E-state index is 0.105. The van der Waals surface area contributed by atoms with E-state index in [0.29, 0.717) is 5.92 Å². The van der Waals surface area contributed by atoms with Crippen molar-refractivity contribution in [2.45, 2.75) is 32.2 Å². The van der Waals surface area contributed by atoms with Crippen molar-refractivity contribution < 1.29 is 9.53 Å². The SMILES string of the molecule is CC[C@H](N)C(=O)N1CCC(COC)CC1. The number of methoxy groups -OCH3 is 1. The molecule has 0 aromatic carbocycles. The quantitative estimate of drug-likeness (QED) is 0.746. The van der Waals surface area contributed by atoms with E-state index in [1.165, 1.54) is 0 Å². The highest BCUT2D eigenvalue weighted by molar-refractivity contribution is 5.81. The third-order valence-electron chi connectivity index (χ3n) is 3.09. The third kappa shape index (κ3) is 3.47. The van der Waals surface area contributed by atoms with Gasteiger partial charge in [0.15, 0.2) is 0 Å². The second-order valence-corrected chi connectivity index (χ2v) is 4.24. The van der Waals surface area contributed by atoms with E-state index in [-0.39, 0.29) is 11.9 Å². The molecule has 4 nitrogen and oxygen atoms in total. The highest BCUT2D eigenvalue weighted by atomic mass is 16.5. The number of rotatable bonds is 4. The molecule has 4 heteroatoms. The molecular formula is C11H22N2O2. The van der Waals surface area contributed by atoms with Gasteiger partial charge in [-0.05, 0) is 25.2 Å². The fourth-order valence-electron chi connectivity index (χ4n) is 1.96. The molecule has 0 aliphatic carbocycles. The number of piperidine rings is 1. The van der Waals surface area contributed by atoms with Gasteiger partial charge in [-0.15, -0.1) is 0 Å². The lowest BCUT2D eigenvalue weighted by atomic mass is 9.97. The Balaban J connectivity index is 2.33. The molecule has 88 valence electrons. The van der Waals surface area contributed by atoms with Crippen molar-refractivity contribution in [2.75, 3.05) is 26.8 Å². The van der Waals surface area contributed by atoms with E-state index >= 15 is 0 Å². The van der Waals surface area contributed by atoms with Crippen molar-refractivity contribution in [2.24, 2.45) is 11.7 Å². The largest absolute Gasteiger partial charge is 0.384 e. The van der Waals surface area contributed by atoms with Gasteiger partial charge in [-0.3, -0.25) is 4.79 Å². The smallest absolute Gasteiger partial charge is 0.239 e. The number of amides is 1. The first-order chi connectivity index (χ1) is 7.19. The maximum absolute atomic E-state index is 11.8. The number of carbonyl (C=O) groups excluding carboxylic acids is 1. The molecule has 1 heterocycles. The molecule has 2 N–H and O–H groups in total. The van der Waals surface area contributed by atoms with E-state index in [0.717, 1.165) is 39.0 Å². The minimum atomic E-state index is -0.316. The number of hydrogen-bond acceptors (Lipinski definition) is 3. The molecule has 1 amide bonds. The molecule has 0 aromatic rings. The summed E-state index contributed by atoms with van der Waals surface area (Å²) in [4.78, 5) is 13.7. The van der Waals surface area contributed by atoms with Gasteiger partial charge in [0.25, 0.3) is 0 Å². The summed E-state index contributed by atoms with van der Waals surface area (Å²) < 4.78 is 5.12. The Labute approximate surface area is 91.8 Å². The van der Waals surface area contributed by atoms with Crippen molar-refractivity contribution in [3.8, 4) is 0 Å². The van der Waals surface area contributed by atoms with E-state index in [1.807, 2.05) is 11.8 Å². The standard InChI is InChI=1S/C11H22N2O2/c1-3-10(12)11(14)13-6-4-9(5-7-13)8-15-2/h9-10H,3-8,12H2,1-2H3/t10-/m0/s1. The first kappa shape index (κ1) is 12.5. The normalized spacial score (nSPS) is 20.3. The average molecular weight is 214 g/mol. The van der Waals surface area contributed by atoms with Crippen molar-refractivity contribution in [1.29, 1.82) is 0 Å². The molecule has 1 atom stereocenters. The lowest BCUT2D eigenvalue weighted by Gasteiger charge is -2.33. The second-order valence-electron chi connectivity index (χ2n) is 4.24. The predicted octanol–water partition coefficient (Wildman–Crippen LogP) is 0.609. The molecule has 1 aliphatic heterocycles. The first-order valence-electron chi connectivity index (χ1n) is 5.72. The molecule has 1 saturated heterocycles. The fraction of sp³-hybridized carbons (Fsp3) is 0.909. The summed E-state index contributed by atoms with van der Waals surface area (Å²) in [6, 6.07) is -0.316. The summed E-state index contributed by atoms with van der Waals surface area (Å²) in [5.41, 5.74) is 5.72. The summed E-state index contributed by atoms with van der Waals surface area (Å²) in [7, 11) is 1.73. The van der Waals surface area contributed by atoms with Crippen LogP contribution in [0.4, 0.5) is 0 Å². The Kier molecular flexibility index (Phi) is 5.05. The Morgan fingerprint density at radius 1 is 1.53 bits per heavy atom. The number of hydrogen-bond donors (Lipinski definition) is 1. The predicted molar refractivity (Wildman–Crippen MR) is 59.4 cm³/mol. The van der Waals surface area contributed by atoms with Crippen molar-refractivity contribution in [3.05, 3.63) is 0 Å². The van der Waals surface area contributed by atoms with Crippen LogP contribution in [0.3, 0.4) is 0 Å². The summed E-state index contributed by atoms with van der Waals surface area (Å²) in [5, 5.41) is 0. The minimum Gasteiger partial charge on any atom is -0.384 e. The zero-order valence-electron chi connectivity index (χ0n) is 9.74. The van der Waals surface area contributed by atoms with Crippen molar-refractivity contribution in [3.63, 3.8) is 0 Å². The molecule has 1 aliphatic rings. The molecular weight excluding hydrogens is 192 g/mol. The Morgan fingerprint density at radius 2 is 2.13 bits per heavy atom. The lowest BCUT2D eigenvalue weighted by Crippen LogP contribution is -2.47. The number of carbonyl (C=O) groups is 1. The molecule has 0 bridgehead atoms.